The van der Waals surface area contributed by atoms with E-state index in [1.54, 1.807) is 16.3 Å². The zero-order chi connectivity index (χ0) is 9.26. The summed E-state index contributed by atoms with van der Waals surface area (Å²) < 4.78 is 0. The van der Waals surface area contributed by atoms with Crippen molar-refractivity contribution in [2.75, 3.05) is 20.1 Å². The molecule has 5 heteroatoms. The van der Waals surface area contributed by atoms with E-state index in [0.717, 1.165) is 26.2 Å². The summed E-state index contributed by atoms with van der Waals surface area (Å²) in [5.74, 6) is 5.54. The van der Waals surface area contributed by atoms with E-state index in [-0.39, 0.29) is 0 Å². The molecule has 0 radical (unpaired) electrons. The monoisotopic (exact) mass is 198 g/mol. The molecule has 72 valence electrons. The second-order valence-corrected chi connectivity index (χ2v) is 4.35. The quantitative estimate of drug-likeness (QED) is 0.559. The predicted octanol–water partition coefficient (Wildman–Crippen LogP) is 0.264. The number of aromatic nitrogens is 1. The lowest BCUT2D eigenvalue weighted by molar-refractivity contribution is 0.230. The maximum atomic E-state index is 5.54. The summed E-state index contributed by atoms with van der Waals surface area (Å²) in [6, 6.07) is 0. The minimum Gasteiger partial charge on any atom is -0.291 e. The number of nitrogens with zero attached hydrogens (tertiary/aromatic N) is 3. The highest BCUT2D eigenvalue weighted by molar-refractivity contribution is 7.09. The Morgan fingerprint density at radius 2 is 2.54 bits per heavy atom. The molecule has 0 amide bonds. The van der Waals surface area contributed by atoms with Crippen molar-refractivity contribution in [2.45, 2.75) is 13.1 Å². The van der Waals surface area contributed by atoms with Gasteiger partial charge in [-0.1, -0.05) is 0 Å². The van der Waals surface area contributed by atoms with Crippen LogP contribution >= 0.6 is 11.3 Å². The molecule has 1 aliphatic rings. The van der Waals surface area contributed by atoms with Gasteiger partial charge in [-0.15, -0.1) is 11.3 Å². The normalized spacial score (nSPS) is 16.8. The standard InChI is InChI=1S/C8H14N4S/c1-11(9)2-3-12-4-7-8(5-12)13-6-10-7/h6H,2-5,9H2,1H3. The topological polar surface area (TPSA) is 45.4 Å². The molecule has 0 fully saturated rings. The zero-order valence-electron chi connectivity index (χ0n) is 7.73. The molecule has 0 saturated heterocycles. The van der Waals surface area contributed by atoms with Gasteiger partial charge in [0, 0.05) is 38.1 Å². The first kappa shape index (κ1) is 9.08. The zero-order valence-corrected chi connectivity index (χ0v) is 8.55. The van der Waals surface area contributed by atoms with Crippen LogP contribution in [0.25, 0.3) is 0 Å². The molecule has 1 aliphatic heterocycles. The molecule has 0 unspecified atom stereocenters. The largest absolute Gasteiger partial charge is 0.291 e. The third kappa shape index (κ3) is 2.05. The molecule has 0 aromatic carbocycles. The van der Waals surface area contributed by atoms with Crippen LogP contribution in [0.2, 0.25) is 0 Å². The van der Waals surface area contributed by atoms with E-state index in [1.165, 1.54) is 10.6 Å². The molecule has 4 nitrogen and oxygen atoms in total. The Morgan fingerprint density at radius 3 is 3.23 bits per heavy atom. The van der Waals surface area contributed by atoms with E-state index in [0.29, 0.717) is 0 Å². The summed E-state index contributed by atoms with van der Waals surface area (Å²) in [6.07, 6.45) is 0. The van der Waals surface area contributed by atoms with Crippen LogP contribution in [-0.2, 0) is 13.1 Å². The Bertz CT molecular complexity index is 263. The van der Waals surface area contributed by atoms with Crippen LogP contribution in [-0.4, -0.2) is 35.0 Å². The molecule has 0 aliphatic carbocycles. The molecule has 1 aromatic rings. The van der Waals surface area contributed by atoms with Crippen molar-refractivity contribution in [1.29, 1.82) is 0 Å². The number of hydrazine groups is 1. The van der Waals surface area contributed by atoms with E-state index in [9.17, 15) is 0 Å². The molecule has 0 bridgehead atoms. The van der Waals surface area contributed by atoms with Crippen LogP contribution in [0.15, 0.2) is 5.51 Å². The number of rotatable bonds is 3. The van der Waals surface area contributed by atoms with E-state index in [4.69, 9.17) is 5.84 Å². The van der Waals surface area contributed by atoms with Crippen molar-refractivity contribution in [2.24, 2.45) is 5.84 Å². The highest BCUT2D eigenvalue weighted by Gasteiger charge is 2.20. The Labute approximate surface area is 81.9 Å². The summed E-state index contributed by atoms with van der Waals surface area (Å²) >= 11 is 1.75. The molecule has 0 spiro atoms. The highest BCUT2D eigenvalue weighted by Crippen LogP contribution is 2.24. The molecule has 2 N–H and O–H groups in total. The van der Waals surface area contributed by atoms with Gasteiger partial charge in [0.25, 0.3) is 0 Å². The van der Waals surface area contributed by atoms with Gasteiger partial charge in [0.05, 0.1) is 11.2 Å². The fraction of sp³-hybridized carbons (Fsp3) is 0.625. The number of likely N-dealkylation sites (N-methyl/N-ethyl adjacent to an activating group) is 1. The second kappa shape index (κ2) is 3.71. The van der Waals surface area contributed by atoms with Crippen LogP contribution in [0.4, 0.5) is 0 Å². The van der Waals surface area contributed by atoms with E-state index < -0.39 is 0 Å². The third-order valence-corrected chi connectivity index (χ3v) is 3.09. The van der Waals surface area contributed by atoms with Gasteiger partial charge < -0.3 is 0 Å². The molecular weight excluding hydrogens is 184 g/mol. The van der Waals surface area contributed by atoms with Gasteiger partial charge in [0.1, 0.15) is 0 Å². The first-order valence-electron chi connectivity index (χ1n) is 4.35. The predicted molar refractivity (Wildman–Crippen MR) is 53.0 cm³/mol. The Hall–Kier alpha value is -0.490. The van der Waals surface area contributed by atoms with Crippen molar-refractivity contribution in [3.05, 3.63) is 16.1 Å². The van der Waals surface area contributed by atoms with Crippen molar-refractivity contribution in [3.8, 4) is 0 Å². The van der Waals surface area contributed by atoms with Crippen molar-refractivity contribution < 1.29 is 0 Å². The number of hydrogen-bond acceptors (Lipinski definition) is 5. The van der Waals surface area contributed by atoms with E-state index >= 15 is 0 Å². The maximum absolute atomic E-state index is 5.54. The van der Waals surface area contributed by atoms with Crippen LogP contribution in [0.3, 0.4) is 0 Å². The lowest BCUT2D eigenvalue weighted by atomic mass is 10.4. The number of fused-ring (bicyclic) bond motifs is 1. The first-order valence-corrected chi connectivity index (χ1v) is 5.23. The summed E-state index contributed by atoms with van der Waals surface area (Å²) in [5, 5.41) is 1.72. The molecule has 2 rings (SSSR count). The molecule has 2 heterocycles. The van der Waals surface area contributed by atoms with Gasteiger partial charge in [-0.2, -0.15) is 0 Å². The lowest BCUT2D eigenvalue weighted by Crippen LogP contribution is -2.34. The fourth-order valence-electron chi connectivity index (χ4n) is 1.48. The summed E-state index contributed by atoms with van der Waals surface area (Å²) in [6.45, 7) is 3.98. The van der Waals surface area contributed by atoms with Crippen LogP contribution < -0.4 is 5.84 Å². The smallest absolute Gasteiger partial charge is 0.0798 e. The highest BCUT2D eigenvalue weighted by atomic mass is 32.1. The summed E-state index contributed by atoms with van der Waals surface area (Å²) in [4.78, 5) is 8.10. The average molecular weight is 198 g/mol. The number of nitrogens with two attached hydrogens (primary N) is 1. The average Bonchev–Trinajstić information content (AvgIpc) is 2.58. The van der Waals surface area contributed by atoms with E-state index in [1.807, 2.05) is 12.6 Å². The maximum Gasteiger partial charge on any atom is 0.0798 e. The lowest BCUT2D eigenvalue weighted by Gasteiger charge is -2.17. The summed E-state index contributed by atoms with van der Waals surface area (Å²) in [5.41, 5.74) is 3.18. The minimum absolute atomic E-state index is 0.912. The molecule has 0 saturated carbocycles. The first-order chi connectivity index (χ1) is 6.25. The number of hydrogen-bond donors (Lipinski definition) is 1. The Morgan fingerprint density at radius 1 is 1.69 bits per heavy atom. The van der Waals surface area contributed by atoms with Gasteiger partial charge in [-0.25, -0.2) is 9.99 Å². The van der Waals surface area contributed by atoms with Gasteiger partial charge in [0.2, 0.25) is 0 Å². The van der Waals surface area contributed by atoms with Crippen molar-refractivity contribution in [3.63, 3.8) is 0 Å². The fourth-order valence-corrected chi connectivity index (χ4v) is 2.30. The van der Waals surface area contributed by atoms with Crippen LogP contribution in [0.1, 0.15) is 10.6 Å². The van der Waals surface area contributed by atoms with Gasteiger partial charge >= 0.3 is 0 Å². The van der Waals surface area contributed by atoms with E-state index in [2.05, 4.69) is 9.88 Å². The SMILES string of the molecule is CN(N)CCN1Cc2ncsc2C1. The van der Waals surface area contributed by atoms with Gasteiger partial charge in [-0.05, 0) is 0 Å². The second-order valence-electron chi connectivity index (χ2n) is 3.41. The van der Waals surface area contributed by atoms with Crippen LogP contribution in [0, 0.1) is 0 Å². The minimum atomic E-state index is 0.912. The number of thiazole rings is 1. The van der Waals surface area contributed by atoms with Crippen LogP contribution in [0.5, 0.6) is 0 Å². The third-order valence-electron chi connectivity index (χ3n) is 2.23. The van der Waals surface area contributed by atoms with Gasteiger partial charge in [0.15, 0.2) is 0 Å². The Balaban J connectivity index is 1.85. The molecule has 0 atom stereocenters. The molecular formula is C8H14N4S. The molecule has 13 heavy (non-hydrogen) atoms. The van der Waals surface area contributed by atoms with Crippen molar-refractivity contribution in [1.82, 2.24) is 14.9 Å². The summed E-state index contributed by atoms with van der Waals surface area (Å²) in [7, 11) is 1.89. The van der Waals surface area contributed by atoms with Crippen molar-refractivity contribution >= 4 is 11.3 Å². The Kier molecular flexibility index (Phi) is 2.59. The molecule has 1 aromatic heterocycles. The van der Waals surface area contributed by atoms with Gasteiger partial charge in [-0.3, -0.25) is 10.7 Å².